The number of rotatable bonds is 5. The van der Waals surface area contributed by atoms with Crippen LogP contribution in [0.1, 0.15) is 23.0 Å². The van der Waals surface area contributed by atoms with E-state index in [1.165, 1.54) is 25.3 Å². The van der Waals surface area contributed by atoms with Crippen LogP contribution < -0.4 is 4.72 Å². The van der Waals surface area contributed by atoms with E-state index in [2.05, 4.69) is 4.72 Å². The Morgan fingerprint density at radius 2 is 1.78 bits per heavy atom. The molecule has 0 saturated carbocycles. The SMILES string of the molecule is CC(=O)N1CCN(C(=O)c2cccc(S(=O)(=O)NCc3ccco3)c2)CC1. The van der Waals surface area contributed by atoms with E-state index in [0.29, 0.717) is 37.5 Å². The fourth-order valence-electron chi connectivity index (χ4n) is 2.87. The van der Waals surface area contributed by atoms with Gasteiger partial charge in [-0.2, -0.15) is 0 Å². The molecule has 27 heavy (non-hydrogen) atoms. The smallest absolute Gasteiger partial charge is 0.254 e. The Morgan fingerprint density at radius 3 is 2.41 bits per heavy atom. The van der Waals surface area contributed by atoms with Crippen molar-refractivity contribution in [3.05, 3.63) is 54.0 Å². The molecule has 2 amide bonds. The van der Waals surface area contributed by atoms with E-state index in [1.54, 1.807) is 34.1 Å². The second-order valence-corrected chi connectivity index (χ2v) is 8.00. The summed E-state index contributed by atoms with van der Waals surface area (Å²) in [5.41, 5.74) is 0.298. The van der Waals surface area contributed by atoms with Crippen molar-refractivity contribution >= 4 is 21.8 Å². The molecule has 2 heterocycles. The number of nitrogens with one attached hydrogen (secondary N) is 1. The number of piperazine rings is 1. The number of benzene rings is 1. The summed E-state index contributed by atoms with van der Waals surface area (Å²) >= 11 is 0. The minimum atomic E-state index is -3.78. The van der Waals surface area contributed by atoms with Gasteiger partial charge in [-0.25, -0.2) is 13.1 Å². The Kier molecular flexibility index (Phi) is 5.62. The van der Waals surface area contributed by atoms with Gasteiger partial charge in [0, 0.05) is 38.7 Å². The van der Waals surface area contributed by atoms with Gasteiger partial charge in [0.2, 0.25) is 15.9 Å². The zero-order chi connectivity index (χ0) is 19.4. The molecule has 1 fully saturated rings. The summed E-state index contributed by atoms with van der Waals surface area (Å²) in [6.07, 6.45) is 1.47. The van der Waals surface area contributed by atoms with Crippen molar-refractivity contribution < 1.29 is 22.4 Å². The molecular formula is C18H21N3O5S. The van der Waals surface area contributed by atoms with Crippen molar-refractivity contribution in [2.45, 2.75) is 18.4 Å². The van der Waals surface area contributed by atoms with Gasteiger partial charge in [-0.15, -0.1) is 0 Å². The van der Waals surface area contributed by atoms with E-state index in [0.717, 1.165) is 0 Å². The van der Waals surface area contributed by atoms with E-state index in [-0.39, 0.29) is 23.3 Å². The zero-order valence-electron chi connectivity index (χ0n) is 14.9. The van der Waals surface area contributed by atoms with Crippen LogP contribution in [0, 0.1) is 0 Å². The fraction of sp³-hybridized carbons (Fsp3) is 0.333. The minimum absolute atomic E-state index is 0.0159. The average molecular weight is 391 g/mol. The van der Waals surface area contributed by atoms with E-state index in [4.69, 9.17) is 4.42 Å². The van der Waals surface area contributed by atoms with Crippen molar-refractivity contribution in [3.63, 3.8) is 0 Å². The largest absolute Gasteiger partial charge is 0.468 e. The second kappa shape index (κ2) is 7.93. The Bertz CT molecular complexity index is 916. The summed E-state index contributed by atoms with van der Waals surface area (Å²) in [4.78, 5) is 27.4. The molecule has 0 radical (unpaired) electrons. The molecule has 9 heteroatoms. The third-order valence-electron chi connectivity index (χ3n) is 4.42. The third kappa shape index (κ3) is 4.55. The molecule has 1 aliphatic heterocycles. The molecule has 8 nitrogen and oxygen atoms in total. The minimum Gasteiger partial charge on any atom is -0.468 e. The van der Waals surface area contributed by atoms with Crippen LogP contribution in [0.5, 0.6) is 0 Å². The number of hydrogen-bond acceptors (Lipinski definition) is 5. The quantitative estimate of drug-likeness (QED) is 0.822. The number of carbonyl (C=O) groups is 2. The summed E-state index contributed by atoms with van der Waals surface area (Å²) in [6, 6.07) is 9.28. The van der Waals surface area contributed by atoms with Gasteiger partial charge in [0.25, 0.3) is 5.91 Å². The zero-order valence-corrected chi connectivity index (χ0v) is 15.7. The van der Waals surface area contributed by atoms with Crippen molar-refractivity contribution in [3.8, 4) is 0 Å². The molecule has 1 saturated heterocycles. The molecular weight excluding hydrogens is 370 g/mol. The van der Waals surface area contributed by atoms with Crippen molar-refractivity contribution in [1.29, 1.82) is 0 Å². The predicted octanol–water partition coefficient (Wildman–Crippen LogP) is 1.06. The van der Waals surface area contributed by atoms with Gasteiger partial charge in [-0.1, -0.05) is 6.07 Å². The van der Waals surface area contributed by atoms with Crippen LogP contribution in [0.25, 0.3) is 0 Å². The first kappa shape index (κ1) is 19.1. The molecule has 1 aliphatic rings. The van der Waals surface area contributed by atoms with Crippen molar-refractivity contribution in [2.75, 3.05) is 26.2 Å². The van der Waals surface area contributed by atoms with Crippen LogP contribution >= 0.6 is 0 Å². The van der Waals surface area contributed by atoms with Gasteiger partial charge in [0.05, 0.1) is 17.7 Å². The average Bonchev–Trinajstić information content (AvgIpc) is 3.20. The van der Waals surface area contributed by atoms with Gasteiger partial charge in [-0.3, -0.25) is 9.59 Å². The molecule has 0 unspecified atom stereocenters. The van der Waals surface area contributed by atoms with E-state index < -0.39 is 10.0 Å². The second-order valence-electron chi connectivity index (χ2n) is 6.23. The maximum atomic E-state index is 12.7. The molecule has 1 aromatic carbocycles. The van der Waals surface area contributed by atoms with Crippen molar-refractivity contribution in [2.24, 2.45) is 0 Å². The highest BCUT2D eigenvalue weighted by molar-refractivity contribution is 7.89. The van der Waals surface area contributed by atoms with E-state index in [1.807, 2.05) is 0 Å². The standard InChI is InChI=1S/C18H21N3O5S/c1-14(22)20-7-9-21(10-8-20)18(23)15-4-2-6-17(12-15)27(24,25)19-13-16-5-3-11-26-16/h2-6,11-12,19H,7-10,13H2,1H3. The lowest BCUT2D eigenvalue weighted by Gasteiger charge is -2.34. The van der Waals surface area contributed by atoms with Gasteiger partial charge in [-0.05, 0) is 30.3 Å². The van der Waals surface area contributed by atoms with Gasteiger partial charge in [0.1, 0.15) is 5.76 Å². The maximum Gasteiger partial charge on any atom is 0.254 e. The number of amides is 2. The predicted molar refractivity (Wildman–Crippen MR) is 97.3 cm³/mol. The maximum absolute atomic E-state index is 12.7. The van der Waals surface area contributed by atoms with Gasteiger partial charge in [0.15, 0.2) is 0 Å². The molecule has 144 valence electrons. The number of furan rings is 1. The fourth-order valence-corrected chi connectivity index (χ4v) is 3.90. The van der Waals surface area contributed by atoms with Gasteiger partial charge >= 0.3 is 0 Å². The molecule has 1 N–H and O–H groups in total. The summed E-state index contributed by atoms with van der Waals surface area (Å²) in [7, 11) is -3.78. The number of nitrogens with zero attached hydrogens (tertiary/aromatic N) is 2. The lowest BCUT2D eigenvalue weighted by molar-refractivity contribution is -0.130. The van der Waals surface area contributed by atoms with Crippen LogP contribution in [-0.4, -0.2) is 56.2 Å². The molecule has 3 rings (SSSR count). The molecule has 0 atom stereocenters. The number of carbonyl (C=O) groups excluding carboxylic acids is 2. The van der Waals surface area contributed by atoms with Crippen LogP contribution in [0.15, 0.2) is 52.0 Å². The molecule has 0 aliphatic carbocycles. The Balaban J connectivity index is 1.69. The van der Waals surface area contributed by atoms with Crippen LogP contribution in [0.3, 0.4) is 0 Å². The molecule has 0 spiro atoms. The highest BCUT2D eigenvalue weighted by atomic mass is 32.2. The van der Waals surface area contributed by atoms with Crippen molar-refractivity contribution in [1.82, 2.24) is 14.5 Å². The number of hydrogen-bond donors (Lipinski definition) is 1. The summed E-state index contributed by atoms with van der Waals surface area (Å²) in [6.45, 7) is 3.33. The molecule has 2 aromatic rings. The first-order valence-electron chi connectivity index (χ1n) is 8.54. The lowest BCUT2D eigenvalue weighted by Crippen LogP contribution is -2.50. The molecule has 1 aromatic heterocycles. The van der Waals surface area contributed by atoms with E-state index in [9.17, 15) is 18.0 Å². The first-order chi connectivity index (χ1) is 12.9. The monoisotopic (exact) mass is 391 g/mol. The van der Waals surface area contributed by atoms with Crippen LogP contribution in [-0.2, 0) is 21.4 Å². The third-order valence-corrected chi connectivity index (χ3v) is 5.82. The summed E-state index contributed by atoms with van der Waals surface area (Å²) < 4.78 is 32.5. The highest BCUT2D eigenvalue weighted by Crippen LogP contribution is 2.15. The summed E-state index contributed by atoms with van der Waals surface area (Å²) in [5, 5.41) is 0. The van der Waals surface area contributed by atoms with Crippen LogP contribution in [0.2, 0.25) is 0 Å². The normalized spacial score (nSPS) is 15.0. The molecule has 0 bridgehead atoms. The Hall–Kier alpha value is -2.65. The van der Waals surface area contributed by atoms with Crippen LogP contribution in [0.4, 0.5) is 0 Å². The number of sulfonamides is 1. The van der Waals surface area contributed by atoms with E-state index >= 15 is 0 Å². The summed E-state index contributed by atoms with van der Waals surface area (Å²) in [5.74, 6) is 0.230. The lowest BCUT2D eigenvalue weighted by atomic mass is 10.2. The van der Waals surface area contributed by atoms with Gasteiger partial charge < -0.3 is 14.2 Å². The topological polar surface area (TPSA) is 99.9 Å². The first-order valence-corrected chi connectivity index (χ1v) is 10.0. The Labute approximate surface area is 157 Å². The Morgan fingerprint density at radius 1 is 1.07 bits per heavy atom. The highest BCUT2D eigenvalue weighted by Gasteiger charge is 2.24.